The molecular formula is C7H6FNO2. The van der Waals surface area contributed by atoms with E-state index < -0.39 is 12.1 Å². The van der Waals surface area contributed by atoms with Gasteiger partial charge in [-0.2, -0.15) is 0 Å². The van der Waals surface area contributed by atoms with Crippen LogP contribution >= 0.6 is 0 Å². The van der Waals surface area contributed by atoms with Crippen molar-refractivity contribution in [2.45, 2.75) is 6.17 Å². The third-order valence-corrected chi connectivity index (χ3v) is 1.16. The minimum absolute atomic E-state index is 0.0694. The van der Waals surface area contributed by atoms with E-state index in [1.807, 2.05) is 0 Å². The number of hydrogen-bond acceptors (Lipinski definition) is 2. The quantitative estimate of drug-likeness (QED) is 0.697. The first-order valence-electron chi connectivity index (χ1n) is 2.99. The van der Waals surface area contributed by atoms with Crippen LogP contribution in [-0.4, -0.2) is 16.1 Å². The van der Waals surface area contributed by atoms with Gasteiger partial charge < -0.3 is 5.11 Å². The Balaban J connectivity index is 2.85. The predicted molar refractivity (Wildman–Crippen MR) is 35.7 cm³/mol. The normalized spacial score (nSPS) is 12.5. The fraction of sp³-hybridized carbons (Fsp3) is 0.143. The predicted octanol–water partition coefficient (Wildman–Crippen LogP) is 1.18. The van der Waals surface area contributed by atoms with Crippen molar-refractivity contribution < 1.29 is 14.3 Å². The van der Waals surface area contributed by atoms with Crippen molar-refractivity contribution in [2.75, 3.05) is 0 Å². The van der Waals surface area contributed by atoms with Crippen molar-refractivity contribution in [3.05, 3.63) is 30.1 Å². The highest BCUT2D eigenvalue weighted by molar-refractivity contribution is 5.73. The second-order valence-corrected chi connectivity index (χ2v) is 1.96. The zero-order valence-electron chi connectivity index (χ0n) is 5.57. The lowest BCUT2D eigenvalue weighted by Crippen LogP contribution is -2.07. The average Bonchev–Trinajstić information content (AvgIpc) is 2.05. The summed E-state index contributed by atoms with van der Waals surface area (Å²) in [6.07, 6.45) is -0.665. The molecule has 4 heteroatoms. The number of aliphatic carboxylic acids is 1. The molecule has 1 N–H and O–H groups in total. The number of alkyl halides is 1. The zero-order chi connectivity index (χ0) is 8.27. The number of rotatable bonds is 2. The molecule has 0 aromatic carbocycles. The molecule has 0 unspecified atom stereocenters. The second-order valence-electron chi connectivity index (χ2n) is 1.96. The maximum Gasteiger partial charge on any atom is 0.344 e. The molecule has 1 heterocycles. The first-order chi connectivity index (χ1) is 5.22. The van der Waals surface area contributed by atoms with Crippen molar-refractivity contribution >= 4 is 5.97 Å². The van der Waals surface area contributed by atoms with Crippen LogP contribution in [0.1, 0.15) is 11.9 Å². The molecular weight excluding hydrogens is 149 g/mol. The van der Waals surface area contributed by atoms with E-state index in [0.717, 1.165) is 0 Å². The molecule has 58 valence electrons. The number of nitrogens with zero attached hydrogens (tertiary/aromatic N) is 1. The first-order valence-corrected chi connectivity index (χ1v) is 2.99. The molecule has 1 aromatic rings. The molecule has 11 heavy (non-hydrogen) atoms. The highest BCUT2D eigenvalue weighted by Crippen LogP contribution is 2.13. The minimum Gasteiger partial charge on any atom is -0.479 e. The lowest BCUT2D eigenvalue weighted by atomic mass is 10.2. The fourth-order valence-electron chi connectivity index (χ4n) is 0.652. The van der Waals surface area contributed by atoms with Gasteiger partial charge in [0.25, 0.3) is 0 Å². The van der Waals surface area contributed by atoms with Gasteiger partial charge in [-0.3, -0.25) is 4.98 Å². The topological polar surface area (TPSA) is 50.2 Å². The van der Waals surface area contributed by atoms with Gasteiger partial charge in [0.05, 0.1) is 5.69 Å². The van der Waals surface area contributed by atoms with Gasteiger partial charge in [-0.15, -0.1) is 0 Å². The molecule has 0 saturated heterocycles. The van der Waals surface area contributed by atoms with Crippen LogP contribution in [0.2, 0.25) is 0 Å². The summed E-state index contributed by atoms with van der Waals surface area (Å²) < 4.78 is 12.6. The molecule has 1 rings (SSSR count). The number of carboxylic acid groups (broad SMARTS) is 1. The maximum absolute atomic E-state index is 12.6. The summed E-state index contributed by atoms with van der Waals surface area (Å²) in [6.45, 7) is 0. The summed E-state index contributed by atoms with van der Waals surface area (Å²) in [5, 5.41) is 8.22. The van der Waals surface area contributed by atoms with Crippen LogP contribution in [0, 0.1) is 0 Å². The maximum atomic E-state index is 12.6. The Bertz CT molecular complexity index is 250. The Morgan fingerprint density at radius 3 is 2.82 bits per heavy atom. The minimum atomic E-state index is -2.02. The molecule has 1 aromatic heterocycles. The van der Waals surface area contributed by atoms with Gasteiger partial charge in [-0.05, 0) is 12.1 Å². The van der Waals surface area contributed by atoms with Gasteiger partial charge in [0.2, 0.25) is 6.17 Å². The highest BCUT2D eigenvalue weighted by atomic mass is 19.1. The number of pyridine rings is 1. The number of aromatic nitrogens is 1. The van der Waals surface area contributed by atoms with E-state index in [9.17, 15) is 9.18 Å². The van der Waals surface area contributed by atoms with Crippen molar-refractivity contribution in [3.8, 4) is 0 Å². The fourth-order valence-corrected chi connectivity index (χ4v) is 0.652. The largest absolute Gasteiger partial charge is 0.479 e. The van der Waals surface area contributed by atoms with E-state index >= 15 is 0 Å². The molecule has 0 radical (unpaired) electrons. The smallest absolute Gasteiger partial charge is 0.344 e. The summed E-state index contributed by atoms with van der Waals surface area (Å²) in [6, 6.07) is 4.47. The Morgan fingerprint density at radius 2 is 2.36 bits per heavy atom. The third kappa shape index (κ3) is 1.73. The van der Waals surface area contributed by atoms with Gasteiger partial charge in [0, 0.05) is 6.20 Å². The van der Waals surface area contributed by atoms with Crippen LogP contribution < -0.4 is 0 Å². The molecule has 0 bridgehead atoms. The molecule has 0 aliphatic carbocycles. The highest BCUT2D eigenvalue weighted by Gasteiger charge is 2.18. The molecule has 0 fully saturated rings. The summed E-state index contributed by atoms with van der Waals surface area (Å²) in [7, 11) is 0. The summed E-state index contributed by atoms with van der Waals surface area (Å²) in [5.41, 5.74) is -0.0694. The van der Waals surface area contributed by atoms with Crippen LogP contribution in [-0.2, 0) is 4.79 Å². The third-order valence-electron chi connectivity index (χ3n) is 1.16. The van der Waals surface area contributed by atoms with Crippen LogP contribution in [0.4, 0.5) is 4.39 Å². The average molecular weight is 155 g/mol. The van der Waals surface area contributed by atoms with Crippen LogP contribution in [0.5, 0.6) is 0 Å². The zero-order valence-corrected chi connectivity index (χ0v) is 5.57. The Kier molecular flexibility index (Phi) is 2.15. The molecule has 0 aliphatic heterocycles. The summed E-state index contributed by atoms with van der Waals surface area (Å²) >= 11 is 0. The second kappa shape index (κ2) is 3.09. The van der Waals surface area contributed by atoms with Crippen LogP contribution in [0.3, 0.4) is 0 Å². The van der Waals surface area contributed by atoms with Gasteiger partial charge in [0.1, 0.15) is 0 Å². The summed E-state index contributed by atoms with van der Waals surface area (Å²) in [5.74, 6) is -1.51. The lowest BCUT2D eigenvalue weighted by molar-refractivity contribution is -0.143. The number of carboxylic acids is 1. The van der Waals surface area contributed by atoms with Gasteiger partial charge in [-0.1, -0.05) is 6.07 Å². The Labute approximate surface area is 62.5 Å². The van der Waals surface area contributed by atoms with E-state index in [4.69, 9.17) is 5.11 Å². The SMILES string of the molecule is O=C(O)[C@@H](F)c1ccccn1. The number of carbonyl (C=O) groups is 1. The van der Waals surface area contributed by atoms with E-state index in [1.165, 1.54) is 18.3 Å². The lowest BCUT2D eigenvalue weighted by Gasteiger charge is -1.99. The number of hydrogen-bond donors (Lipinski definition) is 1. The van der Waals surface area contributed by atoms with Crippen LogP contribution in [0.25, 0.3) is 0 Å². The molecule has 0 spiro atoms. The van der Waals surface area contributed by atoms with E-state index in [-0.39, 0.29) is 5.69 Å². The standard InChI is InChI=1S/C7H6FNO2/c8-6(7(10)11)5-3-1-2-4-9-5/h1-4,6H,(H,10,11)/t6-/m0/s1. The molecule has 1 atom stereocenters. The first kappa shape index (κ1) is 7.65. The summed E-state index contributed by atoms with van der Waals surface area (Å²) in [4.78, 5) is 13.6. The van der Waals surface area contributed by atoms with E-state index in [2.05, 4.69) is 4.98 Å². The van der Waals surface area contributed by atoms with E-state index in [1.54, 1.807) is 6.07 Å². The van der Waals surface area contributed by atoms with Crippen LogP contribution in [0.15, 0.2) is 24.4 Å². The van der Waals surface area contributed by atoms with Gasteiger partial charge in [-0.25, -0.2) is 9.18 Å². The molecule has 0 saturated carbocycles. The van der Waals surface area contributed by atoms with E-state index in [0.29, 0.717) is 0 Å². The van der Waals surface area contributed by atoms with Crippen molar-refractivity contribution in [2.24, 2.45) is 0 Å². The Morgan fingerprint density at radius 1 is 1.64 bits per heavy atom. The van der Waals surface area contributed by atoms with Crippen molar-refractivity contribution in [1.82, 2.24) is 4.98 Å². The molecule has 0 amide bonds. The van der Waals surface area contributed by atoms with Crippen molar-refractivity contribution in [1.29, 1.82) is 0 Å². The number of halogens is 1. The molecule has 0 aliphatic rings. The van der Waals surface area contributed by atoms with Gasteiger partial charge in [0.15, 0.2) is 0 Å². The monoisotopic (exact) mass is 155 g/mol. The van der Waals surface area contributed by atoms with Crippen molar-refractivity contribution in [3.63, 3.8) is 0 Å². The Hall–Kier alpha value is -1.45. The van der Waals surface area contributed by atoms with Gasteiger partial charge >= 0.3 is 5.97 Å². The molecule has 3 nitrogen and oxygen atoms in total.